The maximum absolute atomic E-state index is 6.75. The fourth-order valence-electron chi connectivity index (χ4n) is 3.23. The molecule has 0 aromatic heterocycles. The zero-order valence-electron chi connectivity index (χ0n) is 14.5. The van der Waals surface area contributed by atoms with Crippen molar-refractivity contribution in [2.75, 3.05) is 0 Å². The highest BCUT2D eigenvalue weighted by molar-refractivity contribution is 6.73. The van der Waals surface area contributed by atoms with Gasteiger partial charge in [-0.25, -0.2) is 0 Å². The van der Waals surface area contributed by atoms with Crippen molar-refractivity contribution in [1.82, 2.24) is 0 Å². The van der Waals surface area contributed by atoms with E-state index in [-0.39, 0.29) is 0 Å². The van der Waals surface area contributed by atoms with Gasteiger partial charge in [0.15, 0.2) is 8.32 Å². The summed E-state index contributed by atoms with van der Waals surface area (Å²) in [5.74, 6) is 0.481. The summed E-state index contributed by atoms with van der Waals surface area (Å²) in [6.45, 7) is 9.22. The molecule has 0 fully saturated rings. The third-order valence-electron chi connectivity index (χ3n) is 5.18. The van der Waals surface area contributed by atoms with Crippen LogP contribution in [0.2, 0.25) is 18.1 Å². The summed E-state index contributed by atoms with van der Waals surface area (Å²) in [5, 5.41) is 0. The van der Waals surface area contributed by atoms with Crippen molar-refractivity contribution in [2.24, 2.45) is 5.92 Å². The molecule has 1 aromatic rings. The van der Waals surface area contributed by atoms with Crippen LogP contribution in [-0.4, -0.2) is 14.4 Å². The Morgan fingerprint density at radius 2 is 1.68 bits per heavy atom. The second-order valence-electron chi connectivity index (χ2n) is 6.38. The SMILES string of the molecule is CC[Si](CC)(CC)OC1CC=C(c2ccccc2)C=CC1C. The van der Waals surface area contributed by atoms with Gasteiger partial charge in [0.2, 0.25) is 0 Å². The first-order valence-electron chi connectivity index (χ1n) is 8.75. The van der Waals surface area contributed by atoms with Gasteiger partial charge in [-0.2, -0.15) is 0 Å². The molecule has 22 heavy (non-hydrogen) atoms. The summed E-state index contributed by atoms with van der Waals surface area (Å²) in [6, 6.07) is 14.3. The summed E-state index contributed by atoms with van der Waals surface area (Å²) in [7, 11) is -1.53. The molecule has 2 unspecified atom stereocenters. The van der Waals surface area contributed by atoms with E-state index in [1.807, 2.05) is 0 Å². The Hall–Kier alpha value is -1.12. The quantitative estimate of drug-likeness (QED) is 0.580. The molecule has 1 aliphatic carbocycles. The zero-order chi connectivity index (χ0) is 16.0. The number of allylic oxidation sites excluding steroid dienone is 2. The molecule has 0 aliphatic heterocycles. The van der Waals surface area contributed by atoms with E-state index >= 15 is 0 Å². The Kier molecular flexibility index (Phi) is 6.22. The van der Waals surface area contributed by atoms with Gasteiger partial charge in [0.25, 0.3) is 0 Å². The standard InChI is InChI=1S/C20H30OSi/c1-5-22(6-2,7-3)21-20-16-15-19(14-13-17(20)4)18-11-9-8-10-12-18/h8-15,17,20H,5-7,16H2,1-4H3. The Morgan fingerprint density at radius 3 is 2.27 bits per heavy atom. The molecule has 0 radical (unpaired) electrons. The molecule has 0 bridgehead atoms. The van der Waals surface area contributed by atoms with E-state index in [1.165, 1.54) is 29.3 Å². The Balaban J connectivity index is 2.16. The molecule has 0 amide bonds. The van der Waals surface area contributed by atoms with Crippen LogP contribution < -0.4 is 0 Å². The van der Waals surface area contributed by atoms with Gasteiger partial charge in [0, 0.05) is 0 Å². The van der Waals surface area contributed by atoms with Crippen molar-refractivity contribution in [3.05, 3.63) is 54.1 Å². The molecule has 2 rings (SSSR count). The minimum Gasteiger partial charge on any atom is -0.413 e. The Bertz CT molecular complexity index is 506. The van der Waals surface area contributed by atoms with Crippen LogP contribution in [0.15, 0.2) is 48.6 Å². The Morgan fingerprint density at radius 1 is 1.05 bits per heavy atom. The summed E-state index contributed by atoms with van der Waals surface area (Å²) >= 11 is 0. The first-order valence-corrected chi connectivity index (χ1v) is 11.3. The molecule has 1 aromatic carbocycles. The van der Waals surface area contributed by atoms with Crippen molar-refractivity contribution in [3.63, 3.8) is 0 Å². The van der Waals surface area contributed by atoms with Gasteiger partial charge in [0.1, 0.15) is 0 Å². The predicted octanol–water partition coefficient (Wildman–Crippen LogP) is 6.06. The number of rotatable bonds is 6. The van der Waals surface area contributed by atoms with Crippen LogP contribution >= 0.6 is 0 Å². The van der Waals surface area contributed by atoms with Gasteiger partial charge in [-0.05, 0) is 41.6 Å². The average molecular weight is 315 g/mol. The van der Waals surface area contributed by atoms with Crippen LogP contribution in [0.25, 0.3) is 5.57 Å². The molecular formula is C20H30OSi. The fraction of sp³-hybridized carbons (Fsp3) is 0.500. The summed E-state index contributed by atoms with van der Waals surface area (Å²) in [6.07, 6.45) is 8.32. The molecule has 0 saturated carbocycles. The van der Waals surface area contributed by atoms with Crippen molar-refractivity contribution in [1.29, 1.82) is 0 Å². The lowest BCUT2D eigenvalue weighted by Crippen LogP contribution is -2.41. The molecular weight excluding hydrogens is 284 g/mol. The van der Waals surface area contributed by atoms with Gasteiger partial charge in [-0.1, -0.05) is 76.3 Å². The first-order chi connectivity index (χ1) is 10.6. The molecule has 0 N–H and O–H groups in total. The maximum Gasteiger partial charge on any atom is 0.192 e. The number of benzene rings is 1. The minimum atomic E-state index is -1.53. The topological polar surface area (TPSA) is 9.23 Å². The largest absolute Gasteiger partial charge is 0.413 e. The van der Waals surface area contributed by atoms with Crippen molar-refractivity contribution in [3.8, 4) is 0 Å². The number of hydrogen-bond donors (Lipinski definition) is 0. The monoisotopic (exact) mass is 314 g/mol. The van der Waals surface area contributed by atoms with Gasteiger partial charge < -0.3 is 4.43 Å². The summed E-state index contributed by atoms with van der Waals surface area (Å²) in [5.41, 5.74) is 2.63. The second-order valence-corrected chi connectivity index (χ2v) is 11.1. The van der Waals surface area contributed by atoms with Gasteiger partial charge >= 0.3 is 0 Å². The molecule has 1 aliphatic rings. The molecule has 0 saturated heterocycles. The average Bonchev–Trinajstić information content (AvgIpc) is 2.76. The van der Waals surface area contributed by atoms with Crippen LogP contribution in [0.5, 0.6) is 0 Å². The lowest BCUT2D eigenvalue weighted by molar-refractivity contribution is 0.154. The van der Waals surface area contributed by atoms with Crippen molar-refractivity contribution >= 4 is 13.9 Å². The van der Waals surface area contributed by atoms with E-state index < -0.39 is 8.32 Å². The molecule has 2 heteroatoms. The van der Waals surface area contributed by atoms with Crippen LogP contribution in [0.4, 0.5) is 0 Å². The summed E-state index contributed by atoms with van der Waals surface area (Å²) in [4.78, 5) is 0. The first kappa shape index (κ1) is 17.2. The molecule has 2 atom stereocenters. The molecule has 0 heterocycles. The van der Waals surface area contributed by atoms with Gasteiger partial charge in [-0.15, -0.1) is 0 Å². The van der Waals surface area contributed by atoms with Gasteiger partial charge in [0.05, 0.1) is 6.10 Å². The Labute approximate surface area is 137 Å². The van der Waals surface area contributed by atoms with Crippen molar-refractivity contribution in [2.45, 2.75) is 58.4 Å². The molecule has 120 valence electrons. The van der Waals surface area contributed by atoms with Crippen LogP contribution in [0.1, 0.15) is 39.7 Å². The summed E-state index contributed by atoms with van der Waals surface area (Å²) < 4.78 is 6.75. The van der Waals surface area contributed by atoms with E-state index in [0.29, 0.717) is 12.0 Å². The van der Waals surface area contributed by atoms with Crippen LogP contribution in [-0.2, 0) is 4.43 Å². The lowest BCUT2D eigenvalue weighted by atomic mass is 10.0. The minimum absolute atomic E-state index is 0.337. The van der Waals surface area contributed by atoms with E-state index in [2.05, 4.69) is 76.3 Å². The van der Waals surface area contributed by atoms with Crippen LogP contribution in [0.3, 0.4) is 0 Å². The third kappa shape index (κ3) is 3.99. The number of hydrogen-bond acceptors (Lipinski definition) is 1. The smallest absolute Gasteiger partial charge is 0.192 e. The highest BCUT2D eigenvalue weighted by Gasteiger charge is 2.33. The zero-order valence-corrected chi connectivity index (χ0v) is 15.5. The fourth-order valence-corrected chi connectivity index (χ4v) is 6.18. The molecule has 0 spiro atoms. The van der Waals surface area contributed by atoms with Crippen molar-refractivity contribution < 1.29 is 4.43 Å². The normalized spacial score (nSPS) is 22.3. The van der Waals surface area contributed by atoms with E-state index in [4.69, 9.17) is 4.43 Å². The highest BCUT2D eigenvalue weighted by atomic mass is 28.4. The highest BCUT2D eigenvalue weighted by Crippen LogP contribution is 2.31. The predicted molar refractivity (Wildman–Crippen MR) is 99.4 cm³/mol. The second kappa shape index (κ2) is 7.93. The lowest BCUT2D eigenvalue weighted by Gasteiger charge is -2.34. The third-order valence-corrected chi connectivity index (χ3v) is 9.85. The van der Waals surface area contributed by atoms with E-state index in [1.54, 1.807) is 0 Å². The molecule has 1 nitrogen and oxygen atoms in total. The maximum atomic E-state index is 6.75. The van der Waals surface area contributed by atoms with E-state index in [0.717, 1.165) is 6.42 Å². The van der Waals surface area contributed by atoms with Crippen LogP contribution in [0, 0.1) is 5.92 Å². The van der Waals surface area contributed by atoms with Gasteiger partial charge in [-0.3, -0.25) is 0 Å². The van der Waals surface area contributed by atoms with E-state index in [9.17, 15) is 0 Å².